The molecule has 0 aliphatic carbocycles. The molecule has 8 heteroatoms. The number of hydrogen-bond donors (Lipinski definition) is 2. The Kier molecular flexibility index (Phi) is 12.2. The molecular formula is C15H33IN4O2S. The van der Waals surface area contributed by atoms with Crippen molar-refractivity contribution < 1.29 is 8.42 Å². The zero-order chi connectivity index (χ0) is 16.4. The summed E-state index contributed by atoms with van der Waals surface area (Å²) in [4.78, 5) is 6.43. The van der Waals surface area contributed by atoms with Gasteiger partial charge in [0.25, 0.3) is 0 Å². The Morgan fingerprint density at radius 2 is 1.91 bits per heavy atom. The topological polar surface area (TPSA) is 73.8 Å². The van der Waals surface area contributed by atoms with Crippen LogP contribution in [0.15, 0.2) is 4.99 Å². The highest BCUT2D eigenvalue weighted by molar-refractivity contribution is 14.0. The second kappa shape index (κ2) is 12.3. The number of rotatable bonds is 8. The van der Waals surface area contributed by atoms with Crippen LogP contribution in [0.3, 0.4) is 0 Å². The molecule has 1 fully saturated rings. The van der Waals surface area contributed by atoms with Crippen LogP contribution in [-0.2, 0) is 9.84 Å². The molecule has 0 saturated carbocycles. The van der Waals surface area contributed by atoms with Crippen LogP contribution in [-0.4, -0.2) is 70.1 Å². The summed E-state index contributed by atoms with van der Waals surface area (Å²) in [5, 5.41) is 6.71. The Bertz CT molecular complexity index is 429. The van der Waals surface area contributed by atoms with Gasteiger partial charge in [0.05, 0.1) is 11.5 Å². The van der Waals surface area contributed by atoms with Gasteiger partial charge in [0, 0.05) is 39.3 Å². The molecule has 0 aromatic heterocycles. The predicted octanol–water partition coefficient (Wildman–Crippen LogP) is 1.47. The molecule has 1 aliphatic heterocycles. The van der Waals surface area contributed by atoms with Gasteiger partial charge in [-0.25, -0.2) is 8.42 Å². The lowest BCUT2D eigenvalue weighted by molar-refractivity contribution is 0.299. The maximum atomic E-state index is 11.4. The van der Waals surface area contributed by atoms with Gasteiger partial charge in [-0.2, -0.15) is 0 Å². The summed E-state index contributed by atoms with van der Waals surface area (Å²) in [6.07, 6.45) is 4.91. The molecule has 1 unspecified atom stereocenters. The van der Waals surface area contributed by atoms with E-state index in [0.717, 1.165) is 25.5 Å². The van der Waals surface area contributed by atoms with Crippen LogP contribution >= 0.6 is 24.0 Å². The lowest BCUT2D eigenvalue weighted by Crippen LogP contribution is -2.47. The Morgan fingerprint density at radius 1 is 1.26 bits per heavy atom. The number of sulfone groups is 1. The van der Waals surface area contributed by atoms with E-state index in [2.05, 4.69) is 34.4 Å². The quantitative estimate of drug-likeness (QED) is 0.249. The number of guanidine groups is 1. The molecule has 2 N–H and O–H groups in total. The average Bonchev–Trinajstić information content (AvgIpc) is 2.48. The summed E-state index contributed by atoms with van der Waals surface area (Å²) < 4.78 is 22.8. The fraction of sp³-hybridized carbons (Fsp3) is 0.933. The Balaban J connectivity index is 0.00000484. The second-order valence-corrected chi connectivity index (χ2v) is 8.34. The summed E-state index contributed by atoms with van der Waals surface area (Å²) in [5.74, 6) is 1.40. The van der Waals surface area contributed by atoms with Crippen LogP contribution in [0.25, 0.3) is 0 Å². The molecule has 1 saturated heterocycles. The fourth-order valence-corrected chi connectivity index (χ4v) is 3.78. The van der Waals surface area contributed by atoms with E-state index in [1.165, 1.54) is 19.3 Å². The molecule has 1 rings (SSSR count). The number of nitrogens with one attached hydrogen (secondary N) is 2. The number of aliphatic imine (C=N–C) groups is 1. The molecule has 23 heavy (non-hydrogen) atoms. The minimum atomic E-state index is -2.79. The average molecular weight is 460 g/mol. The molecule has 1 heterocycles. The van der Waals surface area contributed by atoms with E-state index >= 15 is 0 Å². The van der Waals surface area contributed by atoms with E-state index < -0.39 is 9.84 Å². The van der Waals surface area contributed by atoms with Crippen molar-refractivity contribution in [2.75, 3.05) is 44.7 Å². The molecule has 6 nitrogen and oxygen atoms in total. The molecule has 0 spiro atoms. The Morgan fingerprint density at radius 3 is 2.48 bits per heavy atom. The van der Waals surface area contributed by atoms with Gasteiger partial charge in [-0.1, -0.05) is 26.2 Å². The van der Waals surface area contributed by atoms with E-state index in [1.54, 1.807) is 7.05 Å². The zero-order valence-corrected chi connectivity index (χ0v) is 17.8. The van der Waals surface area contributed by atoms with Crippen LogP contribution in [0.5, 0.6) is 0 Å². The van der Waals surface area contributed by atoms with Crippen molar-refractivity contribution in [3.63, 3.8) is 0 Å². The van der Waals surface area contributed by atoms with Crippen molar-refractivity contribution in [3.8, 4) is 0 Å². The normalized spacial score (nSPS) is 19.7. The third-order valence-electron chi connectivity index (χ3n) is 4.00. The first-order valence-electron chi connectivity index (χ1n) is 8.37. The first-order valence-corrected chi connectivity index (χ1v) is 10.2. The first-order chi connectivity index (χ1) is 10.5. The minimum absolute atomic E-state index is 0. The smallest absolute Gasteiger partial charge is 0.191 e. The molecule has 138 valence electrons. The highest BCUT2D eigenvalue weighted by atomic mass is 127. The zero-order valence-electron chi connectivity index (χ0n) is 14.7. The van der Waals surface area contributed by atoms with Crippen molar-refractivity contribution in [1.29, 1.82) is 0 Å². The van der Waals surface area contributed by atoms with Crippen molar-refractivity contribution in [1.82, 2.24) is 15.5 Å². The molecule has 1 aliphatic rings. The monoisotopic (exact) mass is 460 g/mol. The van der Waals surface area contributed by atoms with Crippen molar-refractivity contribution in [2.24, 2.45) is 4.99 Å². The lowest BCUT2D eigenvalue weighted by atomic mass is 10.1. The number of unbranched alkanes of at least 4 members (excludes halogenated alkanes) is 2. The number of halogens is 1. The van der Waals surface area contributed by atoms with Crippen LogP contribution in [0.2, 0.25) is 0 Å². The van der Waals surface area contributed by atoms with Gasteiger partial charge in [0.15, 0.2) is 15.8 Å². The SMILES string of the molecule is CCCCCC(C)NC(=NC)NCCN1CCS(=O)(=O)CC1.I. The largest absolute Gasteiger partial charge is 0.355 e. The van der Waals surface area contributed by atoms with Crippen LogP contribution in [0.4, 0.5) is 0 Å². The van der Waals surface area contributed by atoms with Gasteiger partial charge in [-0.3, -0.25) is 9.89 Å². The number of hydrogen-bond acceptors (Lipinski definition) is 4. The van der Waals surface area contributed by atoms with Gasteiger partial charge in [0.2, 0.25) is 0 Å². The van der Waals surface area contributed by atoms with E-state index in [-0.39, 0.29) is 35.5 Å². The maximum Gasteiger partial charge on any atom is 0.191 e. The van der Waals surface area contributed by atoms with Crippen LogP contribution in [0, 0.1) is 0 Å². The molecule has 0 bridgehead atoms. The second-order valence-electron chi connectivity index (χ2n) is 6.03. The molecule has 0 amide bonds. The molecule has 0 aromatic rings. The van der Waals surface area contributed by atoms with Gasteiger partial charge in [-0.05, 0) is 13.3 Å². The van der Waals surface area contributed by atoms with Gasteiger partial charge in [0.1, 0.15) is 0 Å². The van der Waals surface area contributed by atoms with Gasteiger partial charge >= 0.3 is 0 Å². The van der Waals surface area contributed by atoms with E-state index in [4.69, 9.17) is 0 Å². The van der Waals surface area contributed by atoms with E-state index in [1.807, 2.05) is 0 Å². The lowest BCUT2D eigenvalue weighted by Gasteiger charge is -2.27. The van der Waals surface area contributed by atoms with Gasteiger partial charge in [-0.15, -0.1) is 24.0 Å². The number of nitrogens with zero attached hydrogens (tertiary/aromatic N) is 2. The fourth-order valence-electron chi connectivity index (χ4n) is 2.51. The van der Waals surface area contributed by atoms with Crippen molar-refractivity contribution in [2.45, 2.75) is 45.6 Å². The maximum absolute atomic E-state index is 11.4. The third kappa shape index (κ3) is 10.4. The summed E-state index contributed by atoms with van der Waals surface area (Å²) in [6, 6.07) is 0.415. The van der Waals surface area contributed by atoms with Gasteiger partial charge < -0.3 is 10.6 Å². The summed E-state index contributed by atoms with van der Waals surface area (Å²) in [6.45, 7) is 7.30. The van der Waals surface area contributed by atoms with Crippen LogP contribution < -0.4 is 10.6 Å². The first kappa shape index (κ1) is 22.9. The molecule has 1 atom stereocenters. The highest BCUT2D eigenvalue weighted by Crippen LogP contribution is 2.03. The summed E-state index contributed by atoms with van der Waals surface area (Å²) >= 11 is 0. The Hall–Kier alpha value is -0.0900. The molecule has 0 radical (unpaired) electrons. The predicted molar refractivity (Wildman–Crippen MR) is 109 cm³/mol. The standard InChI is InChI=1S/C15H32N4O2S.HI/c1-4-5-6-7-14(2)18-15(16-3)17-8-9-19-10-12-22(20,21)13-11-19;/h14H,4-13H2,1-3H3,(H2,16,17,18);1H. The minimum Gasteiger partial charge on any atom is -0.355 e. The Labute approximate surface area is 158 Å². The summed E-state index contributed by atoms with van der Waals surface area (Å²) in [7, 11) is -1.01. The van der Waals surface area contributed by atoms with E-state index in [9.17, 15) is 8.42 Å². The highest BCUT2D eigenvalue weighted by Gasteiger charge is 2.20. The molecular weight excluding hydrogens is 427 g/mol. The van der Waals surface area contributed by atoms with Crippen molar-refractivity contribution >= 4 is 39.8 Å². The molecule has 0 aromatic carbocycles. The van der Waals surface area contributed by atoms with Crippen molar-refractivity contribution in [3.05, 3.63) is 0 Å². The van der Waals surface area contributed by atoms with E-state index in [0.29, 0.717) is 19.1 Å². The third-order valence-corrected chi connectivity index (χ3v) is 5.61. The summed E-state index contributed by atoms with van der Waals surface area (Å²) in [5.41, 5.74) is 0. The van der Waals surface area contributed by atoms with Crippen LogP contribution in [0.1, 0.15) is 39.5 Å².